The average Bonchev–Trinajstić information content (AvgIpc) is 2.30. The normalized spacial score (nSPS) is 10.2. The number of halogens is 1. The van der Waals surface area contributed by atoms with E-state index in [9.17, 15) is 0 Å². The van der Waals surface area contributed by atoms with Crippen LogP contribution in [0.15, 0.2) is 18.2 Å². The van der Waals surface area contributed by atoms with E-state index in [2.05, 4.69) is 10.6 Å². The van der Waals surface area contributed by atoms with Gasteiger partial charge in [-0.3, -0.25) is 0 Å². The molecular weight excluding hydrogens is 224 g/mol. The van der Waals surface area contributed by atoms with Crippen LogP contribution < -0.4 is 15.4 Å². The summed E-state index contributed by atoms with van der Waals surface area (Å²) in [5.41, 5.74) is 0.965. The first-order chi connectivity index (χ1) is 7.77. The van der Waals surface area contributed by atoms with E-state index < -0.39 is 0 Å². The molecule has 0 aliphatic rings. The molecule has 0 aliphatic heterocycles. The third kappa shape index (κ3) is 4.29. The van der Waals surface area contributed by atoms with E-state index in [-0.39, 0.29) is 0 Å². The fraction of sp³-hybridized carbons (Fsp3) is 0.500. The van der Waals surface area contributed by atoms with Gasteiger partial charge in [0.15, 0.2) is 0 Å². The summed E-state index contributed by atoms with van der Waals surface area (Å²) >= 11 is 6.09. The lowest BCUT2D eigenvalue weighted by atomic mass is 10.2. The quantitative estimate of drug-likeness (QED) is 0.722. The van der Waals surface area contributed by atoms with Crippen molar-refractivity contribution in [3.05, 3.63) is 23.2 Å². The van der Waals surface area contributed by atoms with Gasteiger partial charge in [-0.25, -0.2) is 0 Å². The van der Waals surface area contributed by atoms with E-state index in [1.165, 1.54) is 0 Å². The average molecular weight is 243 g/mol. The van der Waals surface area contributed by atoms with Gasteiger partial charge in [-0.15, -0.1) is 0 Å². The fourth-order valence-corrected chi connectivity index (χ4v) is 1.65. The summed E-state index contributed by atoms with van der Waals surface area (Å²) in [6.07, 6.45) is 2.29. The molecule has 0 amide bonds. The Labute approximate surface area is 102 Å². The molecule has 0 bridgehead atoms. The van der Waals surface area contributed by atoms with Crippen molar-refractivity contribution in [1.82, 2.24) is 5.32 Å². The summed E-state index contributed by atoms with van der Waals surface area (Å²) in [5.74, 6) is 0.783. The SMILES string of the molecule is CNCCCCNc1ccc(OC)cc1Cl. The Bertz CT molecular complexity index is 318. The minimum atomic E-state index is 0.702. The molecule has 0 saturated carbocycles. The highest BCUT2D eigenvalue weighted by Gasteiger charge is 2.00. The van der Waals surface area contributed by atoms with Gasteiger partial charge in [0.2, 0.25) is 0 Å². The first-order valence-corrected chi connectivity index (χ1v) is 5.87. The van der Waals surface area contributed by atoms with Crippen molar-refractivity contribution >= 4 is 17.3 Å². The molecule has 2 N–H and O–H groups in total. The Morgan fingerprint density at radius 2 is 2.00 bits per heavy atom. The van der Waals surface area contributed by atoms with Crippen LogP contribution in [0.2, 0.25) is 5.02 Å². The minimum absolute atomic E-state index is 0.702. The maximum atomic E-state index is 6.09. The summed E-state index contributed by atoms with van der Waals surface area (Å²) < 4.78 is 5.09. The fourth-order valence-electron chi connectivity index (χ4n) is 1.42. The Morgan fingerprint density at radius 3 is 2.62 bits per heavy atom. The van der Waals surface area contributed by atoms with Crippen LogP contribution >= 0.6 is 11.6 Å². The van der Waals surface area contributed by atoms with Crippen LogP contribution in [0.5, 0.6) is 5.75 Å². The smallest absolute Gasteiger partial charge is 0.120 e. The van der Waals surface area contributed by atoms with Crippen molar-refractivity contribution < 1.29 is 4.74 Å². The Hall–Kier alpha value is -0.930. The molecule has 0 spiro atoms. The molecule has 0 heterocycles. The number of methoxy groups -OCH3 is 1. The molecule has 1 aromatic rings. The van der Waals surface area contributed by atoms with Crippen LogP contribution in [0.4, 0.5) is 5.69 Å². The zero-order valence-electron chi connectivity index (χ0n) is 9.85. The van der Waals surface area contributed by atoms with Gasteiger partial charge in [0.25, 0.3) is 0 Å². The summed E-state index contributed by atoms with van der Waals surface area (Å²) in [7, 11) is 3.60. The van der Waals surface area contributed by atoms with Crippen LogP contribution in [0.1, 0.15) is 12.8 Å². The first kappa shape index (κ1) is 13.1. The molecule has 90 valence electrons. The number of nitrogens with one attached hydrogen (secondary N) is 2. The molecule has 0 aliphatic carbocycles. The highest BCUT2D eigenvalue weighted by atomic mass is 35.5. The van der Waals surface area contributed by atoms with Gasteiger partial charge >= 0.3 is 0 Å². The van der Waals surface area contributed by atoms with Crippen molar-refractivity contribution in [3.8, 4) is 5.75 Å². The maximum Gasteiger partial charge on any atom is 0.120 e. The van der Waals surface area contributed by atoms with Gasteiger partial charge in [-0.2, -0.15) is 0 Å². The summed E-state index contributed by atoms with van der Waals surface area (Å²) in [4.78, 5) is 0. The molecule has 4 heteroatoms. The van der Waals surface area contributed by atoms with Gasteiger partial charge in [0, 0.05) is 12.6 Å². The summed E-state index contributed by atoms with van der Waals surface area (Å²) in [6.45, 7) is 1.99. The molecule has 1 rings (SSSR count). The molecule has 1 aromatic carbocycles. The number of unbranched alkanes of at least 4 members (excludes halogenated alkanes) is 1. The third-order valence-electron chi connectivity index (χ3n) is 2.35. The highest BCUT2D eigenvalue weighted by molar-refractivity contribution is 6.33. The highest BCUT2D eigenvalue weighted by Crippen LogP contribution is 2.26. The Morgan fingerprint density at radius 1 is 1.25 bits per heavy atom. The van der Waals surface area contributed by atoms with E-state index in [1.54, 1.807) is 7.11 Å². The molecular formula is C12H19ClN2O. The van der Waals surface area contributed by atoms with E-state index >= 15 is 0 Å². The number of rotatable bonds is 7. The zero-order valence-corrected chi connectivity index (χ0v) is 10.6. The number of ether oxygens (including phenoxy) is 1. The number of hydrogen-bond donors (Lipinski definition) is 2. The van der Waals surface area contributed by atoms with Crippen LogP contribution in [-0.4, -0.2) is 27.2 Å². The van der Waals surface area contributed by atoms with Crippen LogP contribution in [-0.2, 0) is 0 Å². The summed E-state index contributed by atoms with van der Waals surface area (Å²) in [5, 5.41) is 7.13. The predicted octanol–water partition coefficient (Wildman–Crippen LogP) is 2.76. The third-order valence-corrected chi connectivity index (χ3v) is 2.66. The second kappa shape index (κ2) is 7.36. The summed E-state index contributed by atoms with van der Waals surface area (Å²) in [6, 6.07) is 5.67. The number of benzene rings is 1. The largest absolute Gasteiger partial charge is 0.497 e. The van der Waals surface area contributed by atoms with Crippen LogP contribution in [0, 0.1) is 0 Å². The molecule has 0 unspecified atom stereocenters. The number of hydrogen-bond acceptors (Lipinski definition) is 3. The van der Waals surface area contributed by atoms with E-state index in [1.807, 2.05) is 25.2 Å². The van der Waals surface area contributed by atoms with Crippen molar-refractivity contribution in [2.45, 2.75) is 12.8 Å². The second-order valence-electron chi connectivity index (χ2n) is 3.58. The van der Waals surface area contributed by atoms with Crippen LogP contribution in [0.3, 0.4) is 0 Å². The van der Waals surface area contributed by atoms with Gasteiger partial charge in [0.05, 0.1) is 17.8 Å². The lowest BCUT2D eigenvalue weighted by Gasteiger charge is -2.09. The molecule has 3 nitrogen and oxygen atoms in total. The van der Waals surface area contributed by atoms with E-state index in [0.29, 0.717) is 5.02 Å². The first-order valence-electron chi connectivity index (χ1n) is 5.50. The molecule has 0 atom stereocenters. The van der Waals surface area contributed by atoms with Crippen molar-refractivity contribution in [2.75, 3.05) is 32.6 Å². The molecule has 0 aromatic heterocycles. The predicted molar refractivity (Wildman–Crippen MR) is 69.7 cm³/mol. The molecule has 0 radical (unpaired) electrons. The van der Waals surface area contributed by atoms with Gasteiger partial charge in [-0.05, 0) is 38.6 Å². The van der Waals surface area contributed by atoms with Gasteiger partial charge < -0.3 is 15.4 Å². The van der Waals surface area contributed by atoms with Crippen LogP contribution in [0.25, 0.3) is 0 Å². The zero-order chi connectivity index (χ0) is 11.8. The van der Waals surface area contributed by atoms with Crippen molar-refractivity contribution in [2.24, 2.45) is 0 Å². The topological polar surface area (TPSA) is 33.3 Å². The van der Waals surface area contributed by atoms with E-state index in [4.69, 9.17) is 16.3 Å². The second-order valence-corrected chi connectivity index (χ2v) is 3.99. The lowest BCUT2D eigenvalue weighted by Crippen LogP contribution is -2.10. The van der Waals surface area contributed by atoms with Crippen molar-refractivity contribution in [3.63, 3.8) is 0 Å². The Balaban J connectivity index is 2.36. The van der Waals surface area contributed by atoms with Crippen molar-refractivity contribution in [1.29, 1.82) is 0 Å². The minimum Gasteiger partial charge on any atom is -0.497 e. The maximum absolute atomic E-state index is 6.09. The molecule has 0 fully saturated rings. The Kier molecular flexibility index (Phi) is 6.04. The lowest BCUT2D eigenvalue weighted by molar-refractivity contribution is 0.415. The number of anilines is 1. The monoisotopic (exact) mass is 242 g/mol. The van der Waals surface area contributed by atoms with Gasteiger partial charge in [0.1, 0.15) is 5.75 Å². The molecule has 0 saturated heterocycles. The van der Waals surface area contributed by atoms with E-state index in [0.717, 1.165) is 37.4 Å². The van der Waals surface area contributed by atoms with Gasteiger partial charge in [-0.1, -0.05) is 11.6 Å². The molecule has 16 heavy (non-hydrogen) atoms. The standard InChI is InChI=1S/C12H19ClN2O/c1-14-7-3-4-8-15-12-6-5-10(16-2)9-11(12)13/h5-6,9,14-15H,3-4,7-8H2,1-2H3.